The minimum atomic E-state index is -1.86. The Hall–Kier alpha value is -0.176. The Labute approximate surface area is 131 Å². The van der Waals surface area contributed by atoms with Crippen molar-refractivity contribution >= 4 is 22.6 Å². The summed E-state index contributed by atoms with van der Waals surface area (Å²) in [5.41, 5.74) is 0. The molecular weight excluding hydrogens is 298 g/mol. The van der Waals surface area contributed by atoms with Crippen LogP contribution in [0.25, 0.3) is 0 Å². The number of fused-ring (bicyclic) bond motifs is 2. The van der Waals surface area contributed by atoms with Gasteiger partial charge in [0.05, 0.1) is 12.0 Å². The molecule has 0 aromatic heterocycles. The first-order chi connectivity index (χ1) is 9.48. The molecule has 0 N–H and O–H groups in total. The molecule has 2 bridgehead atoms. The molecule has 0 aromatic carbocycles. The standard InChI is InChI=1S/C15H31NO3Si2/c1-16-11-8-9-12(16)14(15(17)19-21(5,6)7)13(10-11)18-20(2,3)4/h11-14H,8-10H2,1-7H3. The van der Waals surface area contributed by atoms with Crippen LogP contribution in [0.3, 0.4) is 0 Å². The zero-order valence-electron chi connectivity index (χ0n) is 14.6. The Balaban J connectivity index is 2.20. The lowest BCUT2D eigenvalue weighted by Gasteiger charge is -2.44. The molecule has 0 aromatic rings. The monoisotopic (exact) mass is 329 g/mol. The van der Waals surface area contributed by atoms with E-state index in [0.29, 0.717) is 12.1 Å². The van der Waals surface area contributed by atoms with Crippen molar-refractivity contribution in [3.05, 3.63) is 0 Å². The molecule has 0 saturated carbocycles. The Morgan fingerprint density at radius 3 is 2.19 bits per heavy atom. The second-order valence-electron chi connectivity index (χ2n) is 8.53. The van der Waals surface area contributed by atoms with Crippen LogP contribution in [-0.4, -0.2) is 52.7 Å². The fourth-order valence-corrected chi connectivity index (χ4v) is 5.57. The molecule has 4 atom stereocenters. The highest BCUT2D eigenvalue weighted by Crippen LogP contribution is 2.41. The van der Waals surface area contributed by atoms with Crippen LogP contribution >= 0.6 is 0 Å². The Kier molecular flexibility index (Phi) is 4.74. The van der Waals surface area contributed by atoms with Gasteiger partial charge in [0.25, 0.3) is 5.97 Å². The largest absolute Gasteiger partial charge is 0.520 e. The van der Waals surface area contributed by atoms with E-state index in [1.807, 2.05) is 0 Å². The first kappa shape index (κ1) is 17.2. The van der Waals surface area contributed by atoms with Crippen molar-refractivity contribution in [2.75, 3.05) is 7.05 Å². The van der Waals surface area contributed by atoms with Gasteiger partial charge in [-0.2, -0.15) is 0 Å². The van der Waals surface area contributed by atoms with Crippen LogP contribution in [-0.2, 0) is 13.6 Å². The molecule has 2 heterocycles. The normalized spacial score (nSPS) is 34.0. The van der Waals surface area contributed by atoms with Gasteiger partial charge in [0, 0.05) is 12.1 Å². The van der Waals surface area contributed by atoms with Crippen molar-refractivity contribution in [1.82, 2.24) is 4.90 Å². The molecule has 0 spiro atoms. The van der Waals surface area contributed by atoms with E-state index in [9.17, 15) is 4.79 Å². The predicted octanol–water partition coefficient (Wildman–Crippen LogP) is 3.07. The molecule has 0 aliphatic carbocycles. The second kappa shape index (κ2) is 5.79. The third kappa shape index (κ3) is 4.18. The lowest BCUT2D eigenvalue weighted by molar-refractivity contribution is -0.149. The summed E-state index contributed by atoms with van der Waals surface area (Å²) in [4.78, 5) is 15.2. The van der Waals surface area contributed by atoms with Crippen LogP contribution in [0.1, 0.15) is 19.3 Å². The van der Waals surface area contributed by atoms with Crippen molar-refractivity contribution in [2.24, 2.45) is 5.92 Å². The first-order valence-electron chi connectivity index (χ1n) is 8.10. The van der Waals surface area contributed by atoms with Crippen LogP contribution < -0.4 is 0 Å². The number of hydrogen-bond acceptors (Lipinski definition) is 4. The molecule has 6 heteroatoms. The van der Waals surface area contributed by atoms with Gasteiger partial charge in [-0.3, -0.25) is 9.69 Å². The zero-order chi connectivity index (χ0) is 16.0. The third-order valence-corrected chi connectivity index (χ3v) is 6.22. The fraction of sp³-hybridized carbons (Fsp3) is 0.933. The van der Waals surface area contributed by atoms with E-state index in [2.05, 4.69) is 51.2 Å². The van der Waals surface area contributed by atoms with Gasteiger partial charge < -0.3 is 8.85 Å². The zero-order valence-corrected chi connectivity index (χ0v) is 16.6. The van der Waals surface area contributed by atoms with Gasteiger partial charge in [0.1, 0.15) is 0 Å². The molecule has 4 nitrogen and oxygen atoms in total. The number of nitrogens with zero attached hydrogens (tertiary/aromatic N) is 1. The lowest BCUT2D eigenvalue weighted by Crippen LogP contribution is -2.56. The molecule has 0 amide bonds. The minimum Gasteiger partial charge on any atom is -0.520 e. The topological polar surface area (TPSA) is 38.8 Å². The Morgan fingerprint density at radius 2 is 1.67 bits per heavy atom. The summed E-state index contributed by atoms with van der Waals surface area (Å²) in [6.45, 7) is 12.8. The quantitative estimate of drug-likeness (QED) is 0.743. The van der Waals surface area contributed by atoms with Gasteiger partial charge in [0.15, 0.2) is 8.32 Å². The number of rotatable bonds is 4. The van der Waals surface area contributed by atoms with Crippen molar-refractivity contribution in [2.45, 2.75) is 76.7 Å². The second-order valence-corrected chi connectivity index (χ2v) is 17.4. The number of carbonyl (C=O) groups is 1. The molecule has 2 saturated heterocycles. The van der Waals surface area contributed by atoms with Crippen molar-refractivity contribution in [1.29, 1.82) is 0 Å². The third-order valence-electron chi connectivity index (χ3n) is 4.40. The first-order valence-corrected chi connectivity index (χ1v) is 14.9. The maximum absolute atomic E-state index is 12.8. The Morgan fingerprint density at radius 1 is 1.05 bits per heavy atom. The van der Waals surface area contributed by atoms with Crippen molar-refractivity contribution < 1.29 is 13.6 Å². The maximum Gasteiger partial charge on any atom is 0.299 e. The van der Waals surface area contributed by atoms with Crippen molar-refractivity contribution in [3.63, 3.8) is 0 Å². The van der Waals surface area contributed by atoms with Crippen molar-refractivity contribution in [3.8, 4) is 0 Å². The highest BCUT2D eigenvalue weighted by atomic mass is 28.4. The van der Waals surface area contributed by atoms with Gasteiger partial charge >= 0.3 is 0 Å². The van der Waals surface area contributed by atoms with Gasteiger partial charge in [0.2, 0.25) is 8.32 Å². The molecule has 2 aliphatic heterocycles. The van der Waals surface area contributed by atoms with E-state index in [4.69, 9.17) is 8.85 Å². The van der Waals surface area contributed by atoms with Gasteiger partial charge in [-0.15, -0.1) is 0 Å². The smallest absolute Gasteiger partial charge is 0.299 e. The lowest BCUT2D eigenvalue weighted by atomic mass is 9.88. The fourth-order valence-electron chi connectivity index (χ4n) is 3.67. The van der Waals surface area contributed by atoms with E-state index >= 15 is 0 Å². The van der Waals surface area contributed by atoms with E-state index in [-0.39, 0.29) is 18.0 Å². The van der Waals surface area contributed by atoms with E-state index in [0.717, 1.165) is 12.8 Å². The molecule has 4 unspecified atom stereocenters. The van der Waals surface area contributed by atoms with Gasteiger partial charge in [-0.05, 0) is 65.6 Å². The molecule has 2 fully saturated rings. The number of hydrogen-bond donors (Lipinski definition) is 0. The van der Waals surface area contributed by atoms with Crippen LogP contribution in [0, 0.1) is 5.92 Å². The summed E-state index contributed by atoms with van der Waals surface area (Å²) in [6, 6.07) is 0.876. The molecule has 21 heavy (non-hydrogen) atoms. The van der Waals surface area contributed by atoms with E-state index in [1.54, 1.807) is 0 Å². The average Bonchev–Trinajstić information content (AvgIpc) is 2.51. The summed E-state index contributed by atoms with van der Waals surface area (Å²) in [6.07, 6.45) is 3.30. The predicted molar refractivity (Wildman–Crippen MR) is 90.3 cm³/mol. The molecule has 0 radical (unpaired) electrons. The van der Waals surface area contributed by atoms with Gasteiger partial charge in [-0.25, -0.2) is 0 Å². The highest BCUT2D eigenvalue weighted by Gasteiger charge is 2.51. The summed E-state index contributed by atoms with van der Waals surface area (Å²) in [7, 11) is -1.36. The summed E-state index contributed by atoms with van der Waals surface area (Å²) < 4.78 is 12.2. The number of carbonyl (C=O) groups excluding carboxylic acids is 1. The average molecular weight is 330 g/mol. The minimum absolute atomic E-state index is 0.0189. The van der Waals surface area contributed by atoms with Gasteiger partial charge in [-0.1, -0.05) is 0 Å². The molecular formula is C15H31NO3Si2. The summed E-state index contributed by atoms with van der Waals surface area (Å²) in [5.74, 6) is -0.123. The molecule has 2 aliphatic rings. The summed E-state index contributed by atoms with van der Waals surface area (Å²) >= 11 is 0. The highest BCUT2D eigenvalue weighted by molar-refractivity contribution is 6.71. The number of piperidine rings is 1. The van der Waals surface area contributed by atoms with Crippen LogP contribution in [0.2, 0.25) is 39.3 Å². The SMILES string of the molecule is CN1C2CCC1C(C(=O)O[Si](C)(C)C)C(O[Si](C)(C)C)C2. The molecule has 2 rings (SSSR count). The maximum atomic E-state index is 12.8. The Bertz CT molecular complexity index is 403. The van der Waals surface area contributed by atoms with Crippen LogP contribution in [0.15, 0.2) is 0 Å². The van der Waals surface area contributed by atoms with Crippen LogP contribution in [0.5, 0.6) is 0 Å². The summed E-state index contributed by atoms with van der Waals surface area (Å²) in [5, 5.41) is 0. The van der Waals surface area contributed by atoms with E-state index in [1.165, 1.54) is 6.42 Å². The molecule has 122 valence electrons. The van der Waals surface area contributed by atoms with Crippen LogP contribution in [0.4, 0.5) is 0 Å². The van der Waals surface area contributed by atoms with E-state index < -0.39 is 16.6 Å².